The van der Waals surface area contributed by atoms with Crippen molar-refractivity contribution < 1.29 is 9.59 Å². The summed E-state index contributed by atoms with van der Waals surface area (Å²) in [5, 5.41) is 5.39. The van der Waals surface area contributed by atoms with Gasteiger partial charge in [-0.2, -0.15) is 0 Å². The molecule has 2 rings (SSSR count). The van der Waals surface area contributed by atoms with Gasteiger partial charge in [0, 0.05) is 22.1 Å². The third-order valence-electron chi connectivity index (χ3n) is 3.25. The highest BCUT2D eigenvalue weighted by Gasteiger charge is 2.08. The lowest BCUT2D eigenvalue weighted by Gasteiger charge is -2.09. The third kappa shape index (κ3) is 5.49. The highest BCUT2D eigenvalue weighted by Crippen LogP contribution is 2.19. The van der Waals surface area contributed by atoms with Gasteiger partial charge in [-0.3, -0.25) is 14.6 Å². The second-order valence-electron chi connectivity index (χ2n) is 5.27. The molecule has 0 radical (unpaired) electrons. The van der Waals surface area contributed by atoms with Gasteiger partial charge in [0.15, 0.2) is 0 Å². The van der Waals surface area contributed by atoms with E-state index < -0.39 is 0 Å². The average molecular weight is 376 g/mol. The molecule has 0 unspecified atom stereocenters. The predicted octanol–water partition coefficient (Wildman–Crippen LogP) is 2.76. The lowest BCUT2D eigenvalue weighted by atomic mass is 10.2. The first-order valence-electron chi connectivity index (χ1n) is 7.18. The second-order valence-corrected chi connectivity index (χ2v) is 6.18. The smallest absolute Gasteiger partial charge is 0.243 e. The van der Waals surface area contributed by atoms with Crippen LogP contribution in [0.25, 0.3) is 0 Å². The van der Waals surface area contributed by atoms with E-state index in [0.717, 1.165) is 27.0 Å². The molecule has 1 heterocycles. The molecule has 0 atom stereocenters. The molecule has 0 aliphatic rings. The Morgan fingerprint density at radius 3 is 2.57 bits per heavy atom. The summed E-state index contributed by atoms with van der Waals surface area (Å²) in [5.41, 5.74) is 3.40. The van der Waals surface area contributed by atoms with Gasteiger partial charge in [-0.15, -0.1) is 0 Å². The van der Waals surface area contributed by atoms with E-state index in [-0.39, 0.29) is 24.8 Å². The van der Waals surface area contributed by atoms with Gasteiger partial charge in [0.2, 0.25) is 11.8 Å². The number of halogens is 1. The van der Waals surface area contributed by atoms with Gasteiger partial charge in [-0.1, -0.05) is 22.0 Å². The zero-order valence-electron chi connectivity index (χ0n) is 13.0. The molecule has 6 heteroatoms. The zero-order valence-corrected chi connectivity index (χ0v) is 14.6. The number of benzene rings is 1. The number of aryl methyl sites for hydroxylation is 2. The van der Waals surface area contributed by atoms with Crippen molar-refractivity contribution in [2.75, 3.05) is 11.9 Å². The van der Waals surface area contributed by atoms with E-state index in [0.29, 0.717) is 0 Å². The van der Waals surface area contributed by atoms with Gasteiger partial charge in [0.1, 0.15) is 0 Å². The zero-order chi connectivity index (χ0) is 16.8. The quantitative estimate of drug-likeness (QED) is 0.843. The maximum Gasteiger partial charge on any atom is 0.243 e. The monoisotopic (exact) mass is 375 g/mol. The summed E-state index contributed by atoms with van der Waals surface area (Å²) < 4.78 is 0.952. The number of nitrogens with zero attached hydrogens (tertiary/aromatic N) is 1. The molecule has 1 aromatic heterocycles. The van der Waals surface area contributed by atoms with Crippen LogP contribution in [-0.4, -0.2) is 23.3 Å². The molecule has 0 spiro atoms. The van der Waals surface area contributed by atoms with E-state index in [1.165, 1.54) is 0 Å². The second kappa shape index (κ2) is 7.87. The molecule has 0 saturated heterocycles. The van der Waals surface area contributed by atoms with Crippen molar-refractivity contribution in [3.05, 3.63) is 57.8 Å². The maximum atomic E-state index is 11.9. The average Bonchev–Trinajstić information content (AvgIpc) is 2.50. The Hall–Kier alpha value is -2.21. The summed E-state index contributed by atoms with van der Waals surface area (Å²) in [5.74, 6) is -0.468. The molecule has 2 aromatic rings. The number of rotatable bonds is 5. The molecule has 0 aliphatic heterocycles. The van der Waals surface area contributed by atoms with E-state index >= 15 is 0 Å². The van der Waals surface area contributed by atoms with Crippen LogP contribution in [0.4, 0.5) is 5.69 Å². The topological polar surface area (TPSA) is 71.1 Å². The normalized spacial score (nSPS) is 10.2. The summed E-state index contributed by atoms with van der Waals surface area (Å²) in [6.45, 7) is 3.73. The molecule has 0 saturated carbocycles. The van der Waals surface area contributed by atoms with Crippen LogP contribution in [0.15, 0.2) is 41.0 Å². The molecule has 2 N–H and O–H groups in total. The summed E-state index contributed by atoms with van der Waals surface area (Å²) >= 11 is 3.37. The van der Waals surface area contributed by atoms with Crippen LogP contribution in [0.3, 0.4) is 0 Å². The molecule has 0 fully saturated rings. The number of hydrogen-bond acceptors (Lipinski definition) is 3. The van der Waals surface area contributed by atoms with Gasteiger partial charge >= 0.3 is 0 Å². The number of aromatic nitrogens is 1. The molecule has 5 nitrogen and oxygen atoms in total. The van der Waals surface area contributed by atoms with E-state index in [9.17, 15) is 9.59 Å². The van der Waals surface area contributed by atoms with Crippen LogP contribution in [0.5, 0.6) is 0 Å². The molecule has 23 heavy (non-hydrogen) atoms. The number of carbonyl (C=O) groups is 2. The molecule has 2 amide bonds. The fourth-order valence-corrected chi connectivity index (χ4v) is 2.47. The number of pyridine rings is 1. The first-order chi connectivity index (χ1) is 10.9. The molecular formula is C17H18BrN3O2. The predicted molar refractivity (Wildman–Crippen MR) is 93.2 cm³/mol. The van der Waals surface area contributed by atoms with Crippen LogP contribution in [0, 0.1) is 13.8 Å². The summed E-state index contributed by atoms with van der Waals surface area (Å²) in [4.78, 5) is 27.9. The standard InChI is InChI=1S/C17H18BrN3O2/c1-11-7-14(18)5-6-15(11)21-17(23)10-20-16(22)8-13-4-3-12(2)19-9-13/h3-7,9H,8,10H2,1-2H3,(H,20,22)(H,21,23). The van der Waals surface area contributed by atoms with Gasteiger partial charge < -0.3 is 10.6 Å². The van der Waals surface area contributed by atoms with Crippen molar-refractivity contribution in [1.29, 1.82) is 0 Å². The molecule has 1 aromatic carbocycles. The van der Waals surface area contributed by atoms with Crippen LogP contribution in [0.2, 0.25) is 0 Å². The van der Waals surface area contributed by atoms with Crippen molar-refractivity contribution in [2.24, 2.45) is 0 Å². The Morgan fingerprint density at radius 1 is 1.13 bits per heavy atom. The Morgan fingerprint density at radius 2 is 1.91 bits per heavy atom. The van der Waals surface area contributed by atoms with Crippen molar-refractivity contribution in [3.8, 4) is 0 Å². The van der Waals surface area contributed by atoms with Crippen molar-refractivity contribution in [1.82, 2.24) is 10.3 Å². The molecular weight excluding hydrogens is 358 g/mol. The summed E-state index contributed by atoms with van der Waals surface area (Å²) in [6.07, 6.45) is 1.87. The number of hydrogen-bond donors (Lipinski definition) is 2. The SMILES string of the molecule is Cc1ccc(CC(=O)NCC(=O)Nc2ccc(Br)cc2C)cn1. The fourth-order valence-electron chi connectivity index (χ4n) is 1.99. The van der Waals surface area contributed by atoms with E-state index in [4.69, 9.17) is 0 Å². The summed E-state index contributed by atoms with van der Waals surface area (Å²) in [7, 11) is 0. The fraction of sp³-hybridized carbons (Fsp3) is 0.235. The third-order valence-corrected chi connectivity index (χ3v) is 3.74. The first kappa shape index (κ1) is 17.1. The molecule has 0 bridgehead atoms. The van der Waals surface area contributed by atoms with Gasteiger partial charge in [0.25, 0.3) is 0 Å². The van der Waals surface area contributed by atoms with E-state index in [2.05, 4.69) is 31.5 Å². The van der Waals surface area contributed by atoms with Gasteiger partial charge in [-0.25, -0.2) is 0 Å². The highest BCUT2D eigenvalue weighted by molar-refractivity contribution is 9.10. The number of carbonyl (C=O) groups excluding carboxylic acids is 2. The number of amides is 2. The van der Waals surface area contributed by atoms with Crippen LogP contribution in [-0.2, 0) is 16.0 Å². The van der Waals surface area contributed by atoms with Crippen LogP contribution in [0.1, 0.15) is 16.8 Å². The molecule has 0 aliphatic carbocycles. The maximum absolute atomic E-state index is 11.9. The lowest BCUT2D eigenvalue weighted by molar-refractivity contribution is -0.123. The Balaban J connectivity index is 1.81. The minimum absolute atomic E-state index is 0.0619. The van der Waals surface area contributed by atoms with Gasteiger partial charge in [0.05, 0.1) is 13.0 Å². The minimum atomic E-state index is -0.259. The van der Waals surface area contributed by atoms with E-state index in [1.54, 1.807) is 6.20 Å². The van der Waals surface area contributed by atoms with Crippen molar-refractivity contribution >= 4 is 33.4 Å². The van der Waals surface area contributed by atoms with Crippen molar-refractivity contribution in [3.63, 3.8) is 0 Å². The minimum Gasteiger partial charge on any atom is -0.347 e. The Labute approximate surface area is 143 Å². The lowest BCUT2D eigenvalue weighted by Crippen LogP contribution is -2.33. The first-order valence-corrected chi connectivity index (χ1v) is 7.97. The largest absolute Gasteiger partial charge is 0.347 e. The number of anilines is 1. The molecule has 120 valence electrons. The van der Waals surface area contributed by atoms with Crippen molar-refractivity contribution in [2.45, 2.75) is 20.3 Å². The Kier molecular flexibility index (Phi) is 5.87. The van der Waals surface area contributed by atoms with Crippen LogP contribution >= 0.6 is 15.9 Å². The highest BCUT2D eigenvalue weighted by atomic mass is 79.9. The van der Waals surface area contributed by atoms with Crippen LogP contribution < -0.4 is 10.6 Å². The van der Waals surface area contributed by atoms with Gasteiger partial charge in [-0.05, 0) is 49.2 Å². The Bertz CT molecular complexity index is 714. The number of nitrogens with one attached hydrogen (secondary N) is 2. The summed E-state index contributed by atoms with van der Waals surface area (Å²) in [6, 6.07) is 9.29. The van der Waals surface area contributed by atoms with E-state index in [1.807, 2.05) is 44.2 Å².